The first-order valence-electron chi connectivity index (χ1n) is 5.41. The van der Waals surface area contributed by atoms with Gasteiger partial charge in [0.15, 0.2) is 5.78 Å². The van der Waals surface area contributed by atoms with Crippen molar-refractivity contribution in [2.75, 3.05) is 0 Å². The van der Waals surface area contributed by atoms with Gasteiger partial charge in [-0.05, 0) is 25.1 Å². The number of halogens is 1. The van der Waals surface area contributed by atoms with Crippen molar-refractivity contribution in [3.05, 3.63) is 34.6 Å². The molecule has 4 nitrogen and oxygen atoms in total. The van der Waals surface area contributed by atoms with Crippen molar-refractivity contribution < 1.29 is 9.53 Å². The maximum atomic E-state index is 11.2. The van der Waals surface area contributed by atoms with Gasteiger partial charge in [0, 0.05) is 23.5 Å². The van der Waals surface area contributed by atoms with Crippen molar-refractivity contribution in [2.24, 2.45) is 0 Å². The summed E-state index contributed by atoms with van der Waals surface area (Å²) in [5, 5.41) is 0.834. The minimum absolute atomic E-state index is 0.0346. The van der Waals surface area contributed by atoms with E-state index in [0.717, 1.165) is 12.2 Å². The number of Topliss-reactive ketones (excluding diaryl/α,β-unsaturated/α-hetero) is 1. The van der Waals surface area contributed by atoms with Crippen LogP contribution in [0.3, 0.4) is 0 Å². The van der Waals surface area contributed by atoms with Crippen LogP contribution in [-0.4, -0.2) is 15.1 Å². The molecule has 0 aliphatic rings. The van der Waals surface area contributed by atoms with Gasteiger partial charge in [-0.1, -0.05) is 18.5 Å². The summed E-state index contributed by atoms with van der Waals surface area (Å²) in [5.41, 5.74) is 0.555. The van der Waals surface area contributed by atoms with Crippen LogP contribution >= 0.6 is 23.1 Å². The van der Waals surface area contributed by atoms with Crippen molar-refractivity contribution in [1.82, 2.24) is 9.36 Å². The number of nitrogens with zero attached hydrogens (tertiary/aromatic N) is 2. The maximum Gasteiger partial charge on any atom is 0.298 e. The fraction of sp³-hybridized carbons (Fsp3) is 0.250. The van der Waals surface area contributed by atoms with Crippen molar-refractivity contribution in [1.29, 1.82) is 0 Å². The summed E-state index contributed by atoms with van der Waals surface area (Å²) in [7, 11) is 0. The Hall–Kier alpha value is -1.46. The van der Waals surface area contributed by atoms with Crippen LogP contribution < -0.4 is 4.74 Å². The Morgan fingerprint density at radius 2 is 2.28 bits per heavy atom. The molecule has 0 atom stereocenters. The average Bonchev–Trinajstić information content (AvgIpc) is 2.79. The lowest BCUT2D eigenvalue weighted by atomic mass is 10.1. The summed E-state index contributed by atoms with van der Waals surface area (Å²) >= 11 is 7.22. The van der Waals surface area contributed by atoms with Crippen LogP contribution in [-0.2, 0) is 6.42 Å². The highest BCUT2D eigenvalue weighted by Crippen LogP contribution is 2.31. The van der Waals surface area contributed by atoms with E-state index in [2.05, 4.69) is 9.36 Å². The second-order valence-electron chi connectivity index (χ2n) is 3.63. The van der Waals surface area contributed by atoms with E-state index in [1.54, 1.807) is 18.2 Å². The van der Waals surface area contributed by atoms with Gasteiger partial charge < -0.3 is 4.74 Å². The molecule has 6 heteroatoms. The van der Waals surface area contributed by atoms with Crippen molar-refractivity contribution in [3.63, 3.8) is 0 Å². The first kappa shape index (κ1) is 13.0. The predicted octanol–water partition coefficient (Wildman–Crippen LogP) is 3.75. The topological polar surface area (TPSA) is 52.1 Å². The molecule has 0 radical (unpaired) electrons. The van der Waals surface area contributed by atoms with Gasteiger partial charge in [0.25, 0.3) is 5.19 Å². The molecule has 0 saturated carbocycles. The zero-order valence-electron chi connectivity index (χ0n) is 9.94. The molecule has 0 aliphatic heterocycles. The molecule has 2 aromatic rings. The molecule has 1 aromatic heterocycles. The van der Waals surface area contributed by atoms with E-state index < -0.39 is 0 Å². The predicted molar refractivity (Wildman–Crippen MR) is 70.8 cm³/mol. The molecule has 18 heavy (non-hydrogen) atoms. The number of carbonyl (C=O) groups excluding carboxylic acids is 1. The summed E-state index contributed by atoms with van der Waals surface area (Å²) in [4.78, 5) is 15.4. The van der Waals surface area contributed by atoms with Gasteiger partial charge in [-0.3, -0.25) is 4.79 Å². The van der Waals surface area contributed by atoms with E-state index in [4.69, 9.17) is 16.3 Å². The van der Waals surface area contributed by atoms with E-state index in [0.29, 0.717) is 21.5 Å². The Balaban J connectivity index is 2.21. The third-order valence-electron chi connectivity index (χ3n) is 2.30. The number of benzene rings is 1. The lowest BCUT2D eigenvalue weighted by Crippen LogP contribution is -1.93. The summed E-state index contributed by atoms with van der Waals surface area (Å²) in [5.74, 6) is 1.18. The van der Waals surface area contributed by atoms with Crippen LogP contribution in [0, 0.1) is 0 Å². The van der Waals surface area contributed by atoms with Gasteiger partial charge in [0.2, 0.25) is 0 Å². The lowest BCUT2D eigenvalue weighted by Gasteiger charge is -2.04. The number of rotatable bonds is 4. The number of aromatic nitrogens is 2. The smallest absolute Gasteiger partial charge is 0.298 e. The zero-order chi connectivity index (χ0) is 13.1. The molecule has 1 heterocycles. The quantitative estimate of drug-likeness (QED) is 0.802. The Kier molecular flexibility index (Phi) is 3.93. The van der Waals surface area contributed by atoms with Gasteiger partial charge >= 0.3 is 0 Å². The largest absolute Gasteiger partial charge is 0.428 e. The fourth-order valence-corrected chi connectivity index (χ4v) is 2.17. The highest BCUT2D eigenvalue weighted by molar-refractivity contribution is 7.07. The number of ether oxygens (including phenoxy) is 1. The lowest BCUT2D eigenvalue weighted by molar-refractivity contribution is 0.101. The third-order valence-corrected chi connectivity index (χ3v) is 3.23. The normalized spacial score (nSPS) is 10.4. The molecule has 0 unspecified atom stereocenters. The molecule has 0 bridgehead atoms. The van der Waals surface area contributed by atoms with E-state index in [1.807, 2.05) is 6.92 Å². The molecule has 2 rings (SSSR count). The fourth-order valence-electron chi connectivity index (χ4n) is 1.32. The number of carbonyl (C=O) groups is 1. The minimum Gasteiger partial charge on any atom is -0.428 e. The molecule has 0 spiro atoms. The Bertz CT molecular complexity index is 583. The first-order chi connectivity index (χ1) is 8.60. The summed E-state index contributed by atoms with van der Waals surface area (Å²) in [6.07, 6.45) is 0.761. The van der Waals surface area contributed by atoms with E-state index in [1.165, 1.54) is 18.5 Å². The number of hydrogen-bond donors (Lipinski definition) is 0. The second kappa shape index (κ2) is 5.46. The minimum atomic E-state index is -0.0346. The van der Waals surface area contributed by atoms with Gasteiger partial charge in [0.1, 0.15) is 11.6 Å². The molecule has 0 amide bonds. The highest BCUT2D eigenvalue weighted by atomic mass is 35.5. The van der Waals surface area contributed by atoms with Crippen molar-refractivity contribution >= 4 is 28.9 Å². The van der Waals surface area contributed by atoms with Crippen LogP contribution in [0.4, 0.5) is 0 Å². The van der Waals surface area contributed by atoms with E-state index in [-0.39, 0.29) is 5.78 Å². The molecule has 0 aliphatic carbocycles. The molecular weight excluding hydrogens is 272 g/mol. The number of ketones is 1. The van der Waals surface area contributed by atoms with Crippen LogP contribution in [0.2, 0.25) is 5.02 Å². The van der Waals surface area contributed by atoms with Gasteiger partial charge in [-0.2, -0.15) is 9.36 Å². The van der Waals surface area contributed by atoms with Crippen LogP contribution in [0.25, 0.3) is 0 Å². The monoisotopic (exact) mass is 282 g/mol. The van der Waals surface area contributed by atoms with Crippen LogP contribution in [0.1, 0.15) is 30.0 Å². The number of aryl methyl sites for hydroxylation is 1. The summed E-state index contributed by atoms with van der Waals surface area (Å²) in [6, 6.07) is 4.92. The van der Waals surface area contributed by atoms with Crippen molar-refractivity contribution in [2.45, 2.75) is 20.3 Å². The third kappa shape index (κ3) is 2.86. The SMILES string of the molecule is CCc1nsc(Oc2ccc(C(C)=O)cc2Cl)n1. The standard InChI is InChI=1S/C12H11ClN2O2S/c1-3-11-14-12(18-15-11)17-10-5-4-8(7(2)16)6-9(10)13/h4-6H,3H2,1-2H3. The summed E-state index contributed by atoms with van der Waals surface area (Å²) < 4.78 is 9.64. The molecular formula is C12H11ClN2O2S. The maximum absolute atomic E-state index is 11.2. The Labute approximate surface area is 114 Å². The van der Waals surface area contributed by atoms with Crippen LogP contribution in [0.5, 0.6) is 10.9 Å². The summed E-state index contributed by atoms with van der Waals surface area (Å²) in [6.45, 7) is 3.46. The van der Waals surface area contributed by atoms with E-state index >= 15 is 0 Å². The second-order valence-corrected chi connectivity index (χ2v) is 4.76. The first-order valence-corrected chi connectivity index (χ1v) is 6.56. The zero-order valence-corrected chi connectivity index (χ0v) is 11.5. The Morgan fingerprint density at radius 1 is 1.50 bits per heavy atom. The highest BCUT2D eigenvalue weighted by Gasteiger charge is 2.09. The molecule has 0 saturated heterocycles. The Morgan fingerprint density at radius 3 is 2.83 bits per heavy atom. The van der Waals surface area contributed by atoms with Gasteiger partial charge in [0.05, 0.1) is 5.02 Å². The van der Waals surface area contributed by atoms with E-state index in [9.17, 15) is 4.79 Å². The molecule has 0 fully saturated rings. The number of hydrogen-bond acceptors (Lipinski definition) is 5. The molecule has 0 N–H and O–H groups in total. The van der Waals surface area contributed by atoms with Crippen LogP contribution in [0.15, 0.2) is 18.2 Å². The van der Waals surface area contributed by atoms with Gasteiger partial charge in [-0.25, -0.2) is 0 Å². The van der Waals surface area contributed by atoms with Crippen molar-refractivity contribution in [3.8, 4) is 10.9 Å². The molecule has 1 aromatic carbocycles. The van der Waals surface area contributed by atoms with Gasteiger partial charge in [-0.15, -0.1) is 0 Å². The molecule has 94 valence electrons. The average molecular weight is 283 g/mol.